The van der Waals surface area contributed by atoms with Crippen molar-refractivity contribution < 1.29 is 0 Å². The van der Waals surface area contributed by atoms with Gasteiger partial charge in [-0.25, -0.2) is 4.98 Å². The first-order valence-electron chi connectivity index (χ1n) is 5.42. The fourth-order valence-corrected chi connectivity index (χ4v) is 3.75. The lowest BCUT2D eigenvalue weighted by atomic mass is 9.86. The highest BCUT2D eigenvalue weighted by atomic mass is 32.1. The molecule has 78 valence electrons. The molecule has 0 amide bonds. The summed E-state index contributed by atoms with van der Waals surface area (Å²) < 4.78 is 0. The predicted molar refractivity (Wildman–Crippen MR) is 60.5 cm³/mol. The zero-order valence-corrected chi connectivity index (χ0v) is 9.73. The summed E-state index contributed by atoms with van der Waals surface area (Å²) in [6, 6.07) is 0. The predicted octanol–water partition coefficient (Wildman–Crippen LogP) is 2.77. The molecular weight excluding hydrogens is 192 g/mol. The highest BCUT2D eigenvalue weighted by molar-refractivity contribution is 7.09. The van der Waals surface area contributed by atoms with Gasteiger partial charge in [0.05, 0.1) is 5.54 Å². The van der Waals surface area contributed by atoms with Crippen LogP contribution in [0.1, 0.15) is 37.6 Å². The van der Waals surface area contributed by atoms with E-state index in [2.05, 4.69) is 29.7 Å². The molecule has 1 aromatic heterocycles. The fraction of sp³-hybridized carbons (Fsp3) is 0.727. The molecule has 1 aliphatic carbocycles. The molecule has 2 nitrogen and oxygen atoms in total. The molecule has 2 unspecified atom stereocenters. The van der Waals surface area contributed by atoms with Crippen LogP contribution in [0.4, 0.5) is 0 Å². The number of nitrogens with one attached hydrogen (secondary N) is 1. The summed E-state index contributed by atoms with van der Waals surface area (Å²) in [5.74, 6) is 0.763. The van der Waals surface area contributed by atoms with E-state index in [9.17, 15) is 0 Å². The van der Waals surface area contributed by atoms with Gasteiger partial charge in [0.25, 0.3) is 0 Å². The number of aromatic nitrogens is 1. The van der Waals surface area contributed by atoms with E-state index in [0.29, 0.717) is 0 Å². The zero-order valence-electron chi connectivity index (χ0n) is 8.92. The summed E-state index contributed by atoms with van der Waals surface area (Å²) in [6.07, 6.45) is 7.09. The van der Waals surface area contributed by atoms with Gasteiger partial charge >= 0.3 is 0 Å². The summed E-state index contributed by atoms with van der Waals surface area (Å²) in [4.78, 5) is 4.50. The molecule has 1 aromatic rings. The summed E-state index contributed by atoms with van der Waals surface area (Å²) >= 11 is 1.79. The van der Waals surface area contributed by atoms with E-state index < -0.39 is 0 Å². The Labute approximate surface area is 89.8 Å². The molecule has 0 radical (unpaired) electrons. The largest absolute Gasteiger partial charge is 0.308 e. The van der Waals surface area contributed by atoms with Crippen LogP contribution < -0.4 is 5.32 Å². The SMILES string of the molecule is CCC1CCCC1(NC)c1nccs1. The van der Waals surface area contributed by atoms with E-state index in [0.717, 1.165) is 5.92 Å². The maximum atomic E-state index is 4.50. The first-order valence-corrected chi connectivity index (χ1v) is 6.30. The monoisotopic (exact) mass is 210 g/mol. The van der Waals surface area contributed by atoms with Crippen molar-refractivity contribution in [2.24, 2.45) is 5.92 Å². The first kappa shape index (κ1) is 10.1. The maximum absolute atomic E-state index is 4.50. The molecule has 3 heteroatoms. The molecule has 0 aliphatic heterocycles. The molecule has 2 rings (SSSR count). The van der Waals surface area contributed by atoms with Gasteiger partial charge in [-0.1, -0.05) is 19.8 Å². The highest BCUT2D eigenvalue weighted by Gasteiger charge is 2.43. The van der Waals surface area contributed by atoms with Crippen molar-refractivity contribution in [2.75, 3.05) is 7.05 Å². The summed E-state index contributed by atoms with van der Waals surface area (Å²) in [7, 11) is 2.08. The lowest BCUT2D eigenvalue weighted by molar-refractivity contribution is 0.257. The summed E-state index contributed by atoms with van der Waals surface area (Å²) in [5, 5.41) is 6.89. The first-order chi connectivity index (χ1) is 6.83. The van der Waals surface area contributed by atoms with Crippen LogP contribution in [0.3, 0.4) is 0 Å². The van der Waals surface area contributed by atoms with Gasteiger partial charge in [-0.3, -0.25) is 0 Å². The Hall–Kier alpha value is -0.410. The van der Waals surface area contributed by atoms with E-state index >= 15 is 0 Å². The Bertz CT molecular complexity index is 283. The standard InChI is InChI=1S/C11H18N2S/c1-3-9-5-4-6-11(9,12-2)10-13-7-8-14-10/h7-9,12H,3-6H2,1-2H3. The molecule has 0 aromatic carbocycles. The Morgan fingerprint density at radius 1 is 1.71 bits per heavy atom. The van der Waals surface area contributed by atoms with Crippen LogP contribution in [0.2, 0.25) is 0 Å². The van der Waals surface area contributed by atoms with Gasteiger partial charge < -0.3 is 5.32 Å². The number of hydrogen-bond donors (Lipinski definition) is 1. The van der Waals surface area contributed by atoms with Crippen molar-refractivity contribution in [1.82, 2.24) is 10.3 Å². The average Bonchev–Trinajstić information content (AvgIpc) is 2.86. The van der Waals surface area contributed by atoms with Crippen molar-refractivity contribution >= 4 is 11.3 Å². The third-order valence-electron chi connectivity index (χ3n) is 3.57. The summed E-state index contributed by atoms with van der Waals surface area (Å²) in [6.45, 7) is 2.29. The minimum Gasteiger partial charge on any atom is -0.308 e. The minimum absolute atomic E-state index is 0.183. The molecule has 1 N–H and O–H groups in total. The van der Waals surface area contributed by atoms with E-state index in [1.807, 2.05) is 6.20 Å². The van der Waals surface area contributed by atoms with Crippen LogP contribution in [0.25, 0.3) is 0 Å². The van der Waals surface area contributed by atoms with Gasteiger partial charge in [-0.15, -0.1) is 11.3 Å². The number of rotatable bonds is 3. The number of thiazole rings is 1. The van der Waals surface area contributed by atoms with Crippen LogP contribution >= 0.6 is 11.3 Å². The minimum atomic E-state index is 0.183. The molecule has 0 saturated heterocycles. The molecule has 1 fully saturated rings. The lowest BCUT2D eigenvalue weighted by Gasteiger charge is -2.33. The molecule has 0 bridgehead atoms. The topological polar surface area (TPSA) is 24.9 Å². The third kappa shape index (κ3) is 1.39. The van der Waals surface area contributed by atoms with Gasteiger partial charge in [0.15, 0.2) is 0 Å². The molecule has 14 heavy (non-hydrogen) atoms. The molecule has 1 heterocycles. The van der Waals surface area contributed by atoms with Crippen molar-refractivity contribution in [3.63, 3.8) is 0 Å². The Morgan fingerprint density at radius 2 is 2.57 bits per heavy atom. The van der Waals surface area contributed by atoms with Crippen molar-refractivity contribution in [2.45, 2.75) is 38.1 Å². The normalized spacial score (nSPS) is 32.3. The van der Waals surface area contributed by atoms with Crippen LogP contribution in [0.15, 0.2) is 11.6 Å². The van der Waals surface area contributed by atoms with Gasteiger partial charge in [-0.05, 0) is 25.8 Å². The Morgan fingerprint density at radius 3 is 3.14 bits per heavy atom. The molecule has 1 aliphatic rings. The van der Waals surface area contributed by atoms with Gasteiger partial charge in [0, 0.05) is 11.6 Å². The van der Waals surface area contributed by atoms with E-state index in [4.69, 9.17) is 0 Å². The van der Waals surface area contributed by atoms with Crippen molar-refractivity contribution in [3.05, 3.63) is 16.6 Å². The number of hydrogen-bond acceptors (Lipinski definition) is 3. The lowest BCUT2D eigenvalue weighted by Crippen LogP contribution is -2.43. The van der Waals surface area contributed by atoms with Gasteiger partial charge in [0.2, 0.25) is 0 Å². The molecular formula is C11H18N2S. The Kier molecular flexibility index (Phi) is 2.88. The molecule has 0 spiro atoms. The Balaban J connectivity index is 2.33. The second kappa shape index (κ2) is 3.99. The van der Waals surface area contributed by atoms with Crippen LogP contribution in [-0.4, -0.2) is 12.0 Å². The van der Waals surface area contributed by atoms with Crippen LogP contribution in [0.5, 0.6) is 0 Å². The number of nitrogens with zero attached hydrogens (tertiary/aromatic N) is 1. The maximum Gasteiger partial charge on any atom is 0.113 e. The summed E-state index contributed by atoms with van der Waals surface area (Å²) in [5.41, 5.74) is 0.183. The molecule has 1 saturated carbocycles. The van der Waals surface area contributed by atoms with Gasteiger partial charge in [-0.2, -0.15) is 0 Å². The highest BCUT2D eigenvalue weighted by Crippen LogP contribution is 2.45. The van der Waals surface area contributed by atoms with Gasteiger partial charge in [0.1, 0.15) is 5.01 Å². The average molecular weight is 210 g/mol. The van der Waals surface area contributed by atoms with Crippen molar-refractivity contribution in [3.8, 4) is 0 Å². The molecule has 2 atom stereocenters. The van der Waals surface area contributed by atoms with E-state index in [-0.39, 0.29) is 5.54 Å². The van der Waals surface area contributed by atoms with Crippen LogP contribution in [0, 0.1) is 5.92 Å². The van der Waals surface area contributed by atoms with Crippen molar-refractivity contribution in [1.29, 1.82) is 0 Å². The van der Waals surface area contributed by atoms with E-state index in [1.54, 1.807) is 11.3 Å². The second-order valence-corrected chi connectivity index (χ2v) is 4.95. The smallest absolute Gasteiger partial charge is 0.113 e. The van der Waals surface area contributed by atoms with E-state index in [1.165, 1.54) is 30.7 Å². The van der Waals surface area contributed by atoms with Crippen LogP contribution in [-0.2, 0) is 5.54 Å². The third-order valence-corrected chi connectivity index (χ3v) is 4.52. The second-order valence-electron chi connectivity index (χ2n) is 4.06. The zero-order chi connectivity index (χ0) is 10.0. The quantitative estimate of drug-likeness (QED) is 0.830. The fourth-order valence-electron chi connectivity index (χ4n) is 2.79.